The summed E-state index contributed by atoms with van der Waals surface area (Å²) in [6, 6.07) is 17.0. The number of hydrogen-bond acceptors (Lipinski definition) is 3. The van der Waals surface area contributed by atoms with Crippen LogP contribution in [0.15, 0.2) is 54.6 Å². The van der Waals surface area contributed by atoms with Gasteiger partial charge in [-0.3, -0.25) is 9.69 Å². The van der Waals surface area contributed by atoms with Crippen molar-refractivity contribution in [2.45, 2.75) is 51.7 Å². The van der Waals surface area contributed by atoms with Gasteiger partial charge in [0.2, 0.25) is 5.91 Å². The van der Waals surface area contributed by atoms with Crippen molar-refractivity contribution in [3.63, 3.8) is 0 Å². The Hall–Kier alpha value is -2.82. The molecule has 1 atom stereocenters. The number of amides is 2. The van der Waals surface area contributed by atoms with Crippen molar-refractivity contribution < 1.29 is 14.3 Å². The molecule has 2 aromatic rings. The molecular formula is C23H28N2O3. The predicted octanol–water partition coefficient (Wildman–Crippen LogP) is 4.77. The Balaban J connectivity index is 1.54. The number of likely N-dealkylation sites (tertiary alicyclic amines) is 1. The number of benzene rings is 2. The highest BCUT2D eigenvalue weighted by atomic mass is 16.6. The number of carbonyl (C=O) groups excluding carboxylic acids is 2. The van der Waals surface area contributed by atoms with Gasteiger partial charge in [-0.25, -0.2) is 4.79 Å². The van der Waals surface area contributed by atoms with Crippen LogP contribution in [0.2, 0.25) is 0 Å². The van der Waals surface area contributed by atoms with Gasteiger partial charge in [-0.05, 0) is 48.9 Å². The van der Waals surface area contributed by atoms with Crippen LogP contribution in [0.3, 0.4) is 0 Å². The predicted molar refractivity (Wildman–Crippen MR) is 110 cm³/mol. The maximum Gasteiger partial charge on any atom is 0.410 e. The summed E-state index contributed by atoms with van der Waals surface area (Å²) < 4.78 is 5.40. The molecule has 0 saturated carbocycles. The zero-order valence-electron chi connectivity index (χ0n) is 16.4. The molecule has 148 valence electrons. The summed E-state index contributed by atoms with van der Waals surface area (Å²) in [6.07, 6.45) is 4.39. The van der Waals surface area contributed by atoms with Gasteiger partial charge < -0.3 is 10.1 Å². The molecular weight excluding hydrogens is 352 g/mol. The van der Waals surface area contributed by atoms with Crippen LogP contribution in [0.4, 0.5) is 10.5 Å². The average molecular weight is 380 g/mol. The molecule has 1 fully saturated rings. The fraction of sp³-hybridized carbons (Fsp3) is 0.391. The smallest absolute Gasteiger partial charge is 0.410 e. The first-order chi connectivity index (χ1) is 13.7. The normalized spacial score (nSPS) is 16.0. The minimum Gasteiger partial charge on any atom is -0.445 e. The van der Waals surface area contributed by atoms with Crippen molar-refractivity contribution in [3.8, 4) is 0 Å². The molecule has 28 heavy (non-hydrogen) atoms. The Morgan fingerprint density at radius 3 is 2.54 bits per heavy atom. The molecule has 2 amide bonds. The second kappa shape index (κ2) is 9.93. The van der Waals surface area contributed by atoms with E-state index in [0.717, 1.165) is 36.9 Å². The van der Waals surface area contributed by atoms with Gasteiger partial charge >= 0.3 is 6.09 Å². The van der Waals surface area contributed by atoms with Gasteiger partial charge in [0.05, 0.1) is 0 Å². The van der Waals surface area contributed by atoms with E-state index in [-0.39, 0.29) is 12.5 Å². The molecule has 2 aromatic carbocycles. The lowest BCUT2D eigenvalue weighted by Gasteiger charge is -2.23. The van der Waals surface area contributed by atoms with E-state index in [4.69, 9.17) is 4.74 Å². The van der Waals surface area contributed by atoms with E-state index in [9.17, 15) is 9.59 Å². The Labute approximate surface area is 166 Å². The summed E-state index contributed by atoms with van der Waals surface area (Å²) >= 11 is 0. The lowest BCUT2D eigenvalue weighted by Crippen LogP contribution is -2.43. The maximum atomic E-state index is 12.7. The number of aryl methyl sites for hydroxylation is 1. The van der Waals surface area contributed by atoms with Crippen LogP contribution >= 0.6 is 0 Å². The molecule has 1 aliphatic heterocycles. The van der Waals surface area contributed by atoms with Crippen LogP contribution < -0.4 is 5.32 Å². The highest BCUT2D eigenvalue weighted by Crippen LogP contribution is 2.21. The molecule has 0 spiro atoms. The van der Waals surface area contributed by atoms with Gasteiger partial charge in [0.15, 0.2) is 0 Å². The molecule has 1 saturated heterocycles. The lowest BCUT2D eigenvalue weighted by atomic mass is 10.1. The number of nitrogens with zero attached hydrogens (tertiary/aromatic N) is 1. The second-order valence-corrected chi connectivity index (χ2v) is 7.18. The summed E-state index contributed by atoms with van der Waals surface area (Å²) in [5, 5.41) is 2.94. The number of nitrogens with one attached hydrogen (secondary N) is 1. The van der Waals surface area contributed by atoms with Gasteiger partial charge in [0.25, 0.3) is 0 Å². The Morgan fingerprint density at radius 1 is 1.07 bits per heavy atom. The zero-order chi connectivity index (χ0) is 19.8. The van der Waals surface area contributed by atoms with E-state index in [1.165, 1.54) is 10.5 Å². The molecule has 5 heteroatoms. The summed E-state index contributed by atoms with van der Waals surface area (Å²) in [5.41, 5.74) is 2.96. The van der Waals surface area contributed by atoms with E-state index >= 15 is 0 Å². The minimum absolute atomic E-state index is 0.157. The van der Waals surface area contributed by atoms with Crippen LogP contribution in [-0.2, 0) is 22.6 Å². The summed E-state index contributed by atoms with van der Waals surface area (Å²) in [4.78, 5) is 26.7. The molecule has 5 nitrogen and oxygen atoms in total. The van der Waals surface area contributed by atoms with Gasteiger partial charge in [-0.2, -0.15) is 0 Å². The van der Waals surface area contributed by atoms with Crippen molar-refractivity contribution in [2.24, 2.45) is 0 Å². The number of carbonyl (C=O) groups is 2. The third kappa shape index (κ3) is 5.35. The van der Waals surface area contributed by atoms with Gasteiger partial charge in [-0.1, -0.05) is 55.8 Å². The molecule has 1 heterocycles. The monoisotopic (exact) mass is 380 g/mol. The number of ether oxygens (including phenoxy) is 1. The van der Waals surface area contributed by atoms with Gasteiger partial charge in [-0.15, -0.1) is 0 Å². The SMILES string of the molecule is CCCCc1ccc(NC(=O)C2CCCN2C(=O)OCc2ccccc2)cc1. The minimum atomic E-state index is -0.483. The number of unbranched alkanes of at least 4 members (excludes halogenated alkanes) is 1. The lowest BCUT2D eigenvalue weighted by molar-refractivity contribution is -0.120. The van der Waals surface area contributed by atoms with Crippen molar-refractivity contribution in [1.29, 1.82) is 0 Å². The fourth-order valence-corrected chi connectivity index (χ4v) is 3.42. The molecule has 0 bridgehead atoms. The van der Waals surface area contributed by atoms with Crippen LogP contribution in [0.25, 0.3) is 0 Å². The fourth-order valence-electron chi connectivity index (χ4n) is 3.42. The largest absolute Gasteiger partial charge is 0.445 e. The standard InChI is InChI=1S/C23H28N2O3/c1-2-3-8-18-12-14-20(15-13-18)24-22(26)21-11-7-16-25(21)23(27)28-17-19-9-5-4-6-10-19/h4-6,9-10,12-15,21H,2-3,7-8,11,16-17H2,1H3,(H,24,26). The first-order valence-corrected chi connectivity index (χ1v) is 10.0. The van der Waals surface area contributed by atoms with E-state index < -0.39 is 12.1 Å². The molecule has 0 radical (unpaired) electrons. The van der Waals surface area contributed by atoms with E-state index in [2.05, 4.69) is 12.2 Å². The Kier molecular flexibility index (Phi) is 7.06. The molecule has 0 aliphatic carbocycles. The quantitative estimate of drug-likeness (QED) is 0.753. The zero-order valence-corrected chi connectivity index (χ0v) is 16.4. The Bertz CT molecular complexity index is 774. The summed E-state index contributed by atoms with van der Waals surface area (Å²) in [6.45, 7) is 2.93. The third-order valence-electron chi connectivity index (χ3n) is 5.04. The average Bonchev–Trinajstić information content (AvgIpc) is 3.22. The van der Waals surface area contributed by atoms with Crippen molar-refractivity contribution in [1.82, 2.24) is 4.90 Å². The van der Waals surface area contributed by atoms with E-state index in [1.54, 1.807) is 0 Å². The maximum absolute atomic E-state index is 12.7. The van der Waals surface area contributed by atoms with Crippen LogP contribution in [0.1, 0.15) is 43.7 Å². The van der Waals surface area contributed by atoms with Crippen LogP contribution in [0.5, 0.6) is 0 Å². The van der Waals surface area contributed by atoms with Gasteiger partial charge in [0.1, 0.15) is 12.6 Å². The van der Waals surface area contributed by atoms with Crippen molar-refractivity contribution >= 4 is 17.7 Å². The summed E-state index contributed by atoms with van der Waals surface area (Å²) in [5.74, 6) is -0.157. The number of hydrogen-bond donors (Lipinski definition) is 1. The summed E-state index contributed by atoms with van der Waals surface area (Å²) in [7, 11) is 0. The molecule has 1 N–H and O–H groups in total. The topological polar surface area (TPSA) is 58.6 Å². The molecule has 0 aromatic heterocycles. The van der Waals surface area contributed by atoms with E-state index in [0.29, 0.717) is 13.0 Å². The van der Waals surface area contributed by atoms with Crippen molar-refractivity contribution in [3.05, 3.63) is 65.7 Å². The van der Waals surface area contributed by atoms with Crippen molar-refractivity contribution in [2.75, 3.05) is 11.9 Å². The molecule has 1 unspecified atom stereocenters. The van der Waals surface area contributed by atoms with Gasteiger partial charge in [0, 0.05) is 12.2 Å². The molecule has 1 aliphatic rings. The van der Waals surface area contributed by atoms with E-state index in [1.807, 2.05) is 54.6 Å². The first kappa shape index (κ1) is 19.9. The highest BCUT2D eigenvalue weighted by Gasteiger charge is 2.35. The number of rotatable bonds is 7. The molecule has 3 rings (SSSR count). The van der Waals surface area contributed by atoms with Crippen LogP contribution in [0, 0.1) is 0 Å². The highest BCUT2D eigenvalue weighted by molar-refractivity contribution is 5.96. The third-order valence-corrected chi connectivity index (χ3v) is 5.04. The second-order valence-electron chi connectivity index (χ2n) is 7.18. The van der Waals surface area contributed by atoms with Crippen LogP contribution in [-0.4, -0.2) is 29.5 Å². The first-order valence-electron chi connectivity index (χ1n) is 10.0. The number of anilines is 1. The Morgan fingerprint density at radius 2 is 1.82 bits per heavy atom.